The highest BCUT2D eigenvalue weighted by Crippen LogP contribution is 2.18. The topological polar surface area (TPSA) is 64.4 Å². The molecule has 0 bridgehead atoms. The number of anilines is 1. The molecular formula is C14H14N2O3. The molecule has 0 saturated carbocycles. The first-order chi connectivity index (χ1) is 9.19. The van der Waals surface area contributed by atoms with Crippen molar-refractivity contribution in [1.82, 2.24) is 5.16 Å². The Morgan fingerprint density at radius 1 is 1.53 bits per heavy atom. The van der Waals surface area contributed by atoms with Gasteiger partial charge in [-0.15, -0.1) is 0 Å². The van der Waals surface area contributed by atoms with Crippen LogP contribution in [-0.2, 0) is 0 Å². The fourth-order valence-corrected chi connectivity index (χ4v) is 1.48. The van der Waals surface area contributed by atoms with Gasteiger partial charge in [0.1, 0.15) is 12.4 Å². The number of nitrogens with one attached hydrogen (secondary N) is 1. The minimum Gasteiger partial charge on any atom is -0.489 e. The molecule has 1 amide bonds. The minimum atomic E-state index is -0.346. The van der Waals surface area contributed by atoms with E-state index in [1.54, 1.807) is 43.3 Å². The number of hydrogen-bond donors (Lipinski definition) is 1. The Labute approximate surface area is 110 Å². The van der Waals surface area contributed by atoms with Crippen molar-refractivity contribution in [3.63, 3.8) is 0 Å². The summed E-state index contributed by atoms with van der Waals surface area (Å²) in [6.07, 6.45) is 1.66. The van der Waals surface area contributed by atoms with Gasteiger partial charge in [-0.2, -0.15) is 0 Å². The lowest BCUT2D eigenvalue weighted by molar-refractivity contribution is 0.0988. The summed E-state index contributed by atoms with van der Waals surface area (Å²) in [4.78, 5) is 11.9. The van der Waals surface area contributed by atoms with E-state index >= 15 is 0 Å². The molecule has 0 aliphatic rings. The first kappa shape index (κ1) is 12.9. The molecule has 98 valence electrons. The van der Waals surface area contributed by atoms with Gasteiger partial charge in [-0.25, -0.2) is 0 Å². The van der Waals surface area contributed by atoms with Crippen molar-refractivity contribution in [2.24, 2.45) is 0 Å². The summed E-state index contributed by atoms with van der Waals surface area (Å²) >= 11 is 0. The third-order valence-electron chi connectivity index (χ3n) is 2.31. The van der Waals surface area contributed by atoms with Crippen LogP contribution in [0.2, 0.25) is 0 Å². The zero-order chi connectivity index (χ0) is 13.7. The molecule has 0 atom stereocenters. The van der Waals surface area contributed by atoms with Gasteiger partial charge in [0.2, 0.25) is 5.76 Å². The Balaban J connectivity index is 2.06. The van der Waals surface area contributed by atoms with Crippen LogP contribution in [0.15, 0.2) is 47.5 Å². The Hall–Kier alpha value is -2.56. The Kier molecular flexibility index (Phi) is 3.97. The van der Waals surface area contributed by atoms with Gasteiger partial charge in [-0.05, 0) is 19.1 Å². The van der Waals surface area contributed by atoms with Crippen LogP contribution in [0.25, 0.3) is 0 Å². The fourth-order valence-electron chi connectivity index (χ4n) is 1.48. The second-order valence-electron chi connectivity index (χ2n) is 3.91. The molecular weight excluding hydrogens is 244 g/mol. The summed E-state index contributed by atoms with van der Waals surface area (Å²) in [5, 5.41) is 6.38. The van der Waals surface area contributed by atoms with Gasteiger partial charge in [-0.1, -0.05) is 23.9 Å². The normalized spacial score (nSPS) is 9.95. The standard InChI is InChI=1S/C14H14N2O3/c1-3-7-18-12-6-4-5-11(9-12)15-14(17)13-8-10(2)16-19-13/h3-6,8-9H,1,7H2,2H3,(H,15,17). The van der Waals surface area contributed by atoms with Gasteiger partial charge in [0.15, 0.2) is 0 Å². The number of hydrogen-bond acceptors (Lipinski definition) is 4. The van der Waals surface area contributed by atoms with Gasteiger partial charge in [0, 0.05) is 17.8 Å². The molecule has 0 radical (unpaired) electrons. The van der Waals surface area contributed by atoms with Gasteiger partial charge in [-0.3, -0.25) is 4.79 Å². The zero-order valence-corrected chi connectivity index (χ0v) is 10.6. The number of benzene rings is 1. The summed E-state index contributed by atoms with van der Waals surface area (Å²) < 4.78 is 10.3. The fraction of sp³-hybridized carbons (Fsp3) is 0.143. The second-order valence-corrected chi connectivity index (χ2v) is 3.91. The molecule has 1 N–H and O–H groups in total. The average molecular weight is 258 g/mol. The molecule has 0 aliphatic heterocycles. The van der Waals surface area contributed by atoms with E-state index < -0.39 is 0 Å². The molecule has 0 saturated heterocycles. The van der Waals surface area contributed by atoms with Crippen LogP contribution in [0.4, 0.5) is 5.69 Å². The van der Waals surface area contributed by atoms with E-state index in [1.165, 1.54) is 0 Å². The Morgan fingerprint density at radius 3 is 3.05 bits per heavy atom. The number of carbonyl (C=O) groups is 1. The highest BCUT2D eigenvalue weighted by atomic mass is 16.5. The number of rotatable bonds is 5. The molecule has 0 aliphatic carbocycles. The van der Waals surface area contributed by atoms with E-state index in [9.17, 15) is 4.79 Å². The summed E-state index contributed by atoms with van der Waals surface area (Å²) in [5.74, 6) is 0.489. The Bertz CT molecular complexity index is 590. The van der Waals surface area contributed by atoms with Crippen LogP contribution in [0.3, 0.4) is 0 Å². The van der Waals surface area contributed by atoms with Gasteiger partial charge < -0.3 is 14.6 Å². The Morgan fingerprint density at radius 2 is 2.37 bits per heavy atom. The maximum atomic E-state index is 11.9. The molecule has 1 heterocycles. The van der Waals surface area contributed by atoms with Crippen molar-refractivity contribution >= 4 is 11.6 Å². The molecule has 1 aromatic carbocycles. The van der Waals surface area contributed by atoms with Crippen LogP contribution < -0.4 is 10.1 Å². The van der Waals surface area contributed by atoms with E-state index in [2.05, 4.69) is 17.1 Å². The second kappa shape index (κ2) is 5.86. The monoisotopic (exact) mass is 258 g/mol. The van der Waals surface area contributed by atoms with Crippen molar-refractivity contribution < 1.29 is 14.1 Å². The third kappa shape index (κ3) is 3.45. The summed E-state index contributed by atoms with van der Waals surface area (Å²) in [5.41, 5.74) is 1.29. The van der Waals surface area contributed by atoms with Crippen molar-refractivity contribution in [2.75, 3.05) is 11.9 Å². The van der Waals surface area contributed by atoms with Crippen LogP contribution in [0.5, 0.6) is 5.75 Å². The third-order valence-corrected chi connectivity index (χ3v) is 2.31. The molecule has 0 fully saturated rings. The molecule has 1 aromatic heterocycles. The molecule has 0 spiro atoms. The summed E-state index contributed by atoms with van der Waals surface area (Å²) in [7, 11) is 0. The van der Waals surface area contributed by atoms with E-state index in [1.807, 2.05) is 0 Å². The zero-order valence-electron chi connectivity index (χ0n) is 10.6. The maximum Gasteiger partial charge on any atom is 0.294 e. The van der Waals surface area contributed by atoms with Crippen LogP contribution in [0.1, 0.15) is 16.2 Å². The van der Waals surface area contributed by atoms with Crippen molar-refractivity contribution in [2.45, 2.75) is 6.92 Å². The van der Waals surface area contributed by atoms with Crippen LogP contribution in [-0.4, -0.2) is 17.7 Å². The average Bonchev–Trinajstić information content (AvgIpc) is 2.83. The molecule has 0 unspecified atom stereocenters. The lowest BCUT2D eigenvalue weighted by Gasteiger charge is -2.06. The number of aryl methyl sites for hydroxylation is 1. The van der Waals surface area contributed by atoms with Crippen LogP contribution in [0, 0.1) is 6.92 Å². The summed E-state index contributed by atoms with van der Waals surface area (Å²) in [6, 6.07) is 8.66. The van der Waals surface area contributed by atoms with E-state index in [-0.39, 0.29) is 11.7 Å². The predicted octanol–water partition coefficient (Wildman–Crippen LogP) is 2.80. The van der Waals surface area contributed by atoms with Crippen LogP contribution >= 0.6 is 0 Å². The SMILES string of the molecule is C=CCOc1cccc(NC(=O)c2cc(C)no2)c1. The lowest BCUT2D eigenvalue weighted by atomic mass is 10.3. The maximum absolute atomic E-state index is 11.9. The first-order valence-electron chi connectivity index (χ1n) is 5.77. The lowest BCUT2D eigenvalue weighted by Crippen LogP contribution is -2.10. The van der Waals surface area contributed by atoms with Crippen molar-refractivity contribution in [3.05, 3.63) is 54.4 Å². The molecule has 5 nitrogen and oxygen atoms in total. The first-order valence-corrected chi connectivity index (χ1v) is 5.77. The van der Waals surface area contributed by atoms with E-state index in [0.717, 1.165) is 0 Å². The number of amides is 1. The molecule has 2 rings (SSSR count). The van der Waals surface area contributed by atoms with Gasteiger partial charge in [0.05, 0.1) is 5.69 Å². The number of nitrogens with zero attached hydrogens (tertiary/aromatic N) is 1. The smallest absolute Gasteiger partial charge is 0.294 e. The van der Waals surface area contributed by atoms with Gasteiger partial charge >= 0.3 is 0 Å². The number of carbonyl (C=O) groups excluding carboxylic acids is 1. The molecule has 19 heavy (non-hydrogen) atoms. The number of ether oxygens (including phenoxy) is 1. The van der Waals surface area contributed by atoms with E-state index in [4.69, 9.17) is 9.26 Å². The quantitative estimate of drug-likeness (QED) is 0.837. The largest absolute Gasteiger partial charge is 0.489 e. The highest BCUT2D eigenvalue weighted by molar-refractivity contribution is 6.02. The highest BCUT2D eigenvalue weighted by Gasteiger charge is 2.11. The van der Waals surface area contributed by atoms with E-state index in [0.29, 0.717) is 23.7 Å². The van der Waals surface area contributed by atoms with Crippen molar-refractivity contribution in [3.8, 4) is 5.75 Å². The molecule has 2 aromatic rings. The van der Waals surface area contributed by atoms with Gasteiger partial charge in [0.25, 0.3) is 5.91 Å². The predicted molar refractivity (Wildman–Crippen MR) is 71.3 cm³/mol. The molecule has 5 heteroatoms. The summed E-state index contributed by atoms with van der Waals surface area (Å²) in [6.45, 7) is 5.74. The number of aromatic nitrogens is 1. The van der Waals surface area contributed by atoms with Crippen molar-refractivity contribution in [1.29, 1.82) is 0 Å². The minimum absolute atomic E-state index is 0.176.